The maximum absolute atomic E-state index is 13.5. The van der Waals surface area contributed by atoms with Crippen molar-refractivity contribution in [1.29, 1.82) is 0 Å². The molecule has 0 saturated heterocycles. The molecule has 0 atom stereocenters. The van der Waals surface area contributed by atoms with Crippen LogP contribution in [0.1, 0.15) is 29.8 Å². The number of hydrogen-bond donors (Lipinski definition) is 2. The molecule has 0 aliphatic carbocycles. The number of amides is 1. The Morgan fingerprint density at radius 3 is 2.32 bits per heavy atom. The number of rotatable bonds is 8. The summed E-state index contributed by atoms with van der Waals surface area (Å²) in [5, 5.41) is 2.37. The lowest BCUT2D eigenvalue weighted by molar-refractivity contribution is -0.143. The first kappa shape index (κ1) is 21.5. The number of sulfonamides is 1. The van der Waals surface area contributed by atoms with Gasteiger partial charge in [0.05, 0.1) is 4.90 Å². The molecule has 2 aromatic rings. The molecule has 0 saturated carbocycles. The van der Waals surface area contributed by atoms with Gasteiger partial charge < -0.3 is 10.1 Å². The van der Waals surface area contributed by atoms with Gasteiger partial charge in [0.15, 0.2) is 0 Å². The maximum atomic E-state index is 13.5. The SMILES string of the molecule is CC(C)NS(=O)(=O)c1ccc(C(=O)NCC(=O)OCc2ccccc2F)cc1. The summed E-state index contributed by atoms with van der Waals surface area (Å²) in [6.45, 7) is 2.76. The molecule has 0 aliphatic rings. The highest BCUT2D eigenvalue weighted by Gasteiger charge is 2.16. The van der Waals surface area contributed by atoms with Gasteiger partial charge in [-0.25, -0.2) is 17.5 Å². The maximum Gasteiger partial charge on any atom is 0.325 e. The van der Waals surface area contributed by atoms with Crippen molar-refractivity contribution in [3.8, 4) is 0 Å². The topological polar surface area (TPSA) is 102 Å². The highest BCUT2D eigenvalue weighted by atomic mass is 32.2. The van der Waals surface area contributed by atoms with Crippen LogP contribution >= 0.6 is 0 Å². The third kappa shape index (κ3) is 6.14. The summed E-state index contributed by atoms with van der Waals surface area (Å²) in [5.74, 6) is -1.78. The first-order chi connectivity index (χ1) is 13.2. The molecular weight excluding hydrogens is 387 g/mol. The monoisotopic (exact) mass is 408 g/mol. The van der Waals surface area contributed by atoms with Gasteiger partial charge in [0.25, 0.3) is 5.91 Å². The summed E-state index contributed by atoms with van der Waals surface area (Å²) in [5.41, 5.74) is 0.416. The van der Waals surface area contributed by atoms with Gasteiger partial charge in [-0.3, -0.25) is 9.59 Å². The molecule has 0 fully saturated rings. The average molecular weight is 408 g/mol. The van der Waals surface area contributed by atoms with Crippen LogP contribution in [0.4, 0.5) is 4.39 Å². The Bertz CT molecular complexity index is 943. The van der Waals surface area contributed by atoms with Crippen molar-refractivity contribution in [2.24, 2.45) is 0 Å². The number of ether oxygens (including phenoxy) is 1. The fourth-order valence-corrected chi connectivity index (χ4v) is 3.49. The molecule has 1 amide bonds. The van der Waals surface area contributed by atoms with Gasteiger partial charge >= 0.3 is 5.97 Å². The molecule has 0 radical (unpaired) electrons. The lowest BCUT2D eigenvalue weighted by Gasteiger charge is -2.10. The largest absolute Gasteiger partial charge is 0.459 e. The van der Waals surface area contributed by atoms with E-state index in [2.05, 4.69) is 10.0 Å². The molecule has 7 nitrogen and oxygen atoms in total. The third-order valence-corrected chi connectivity index (χ3v) is 5.23. The second-order valence-electron chi connectivity index (χ2n) is 6.24. The Morgan fingerprint density at radius 2 is 1.71 bits per heavy atom. The molecule has 0 unspecified atom stereocenters. The summed E-state index contributed by atoms with van der Waals surface area (Å²) in [4.78, 5) is 23.8. The van der Waals surface area contributed by atoms with Crippen LogP contribution in [0.15, 0.2) is 53.4 Å². The Hall–Kier alpha value is -2.78. The summed E-state index contributed by atoms with van der Waals surface area (Å²) < 4.78 is 44.9. The van der Waals surface area contributed by atoms with E-state index in [-0.39, 0.29) is 28.7 Å². The average Bonchev–Trinajstić information content (AvgIpc) is 2.64. The zero-order valence-electron chi connectivity index (χ0n) is 15.4. The molecule has 28 heavy (non-hydrogen) atoms. The predicted molar refractivity (Wildman–Crippen MR) is 100 cm³/mol. The number of carbonyl (C=O) groups excluding carboxylic acids is 2. The standard InChI is InChI=1S/C19H21FN2O5S/c1-13(2)22-28(25,26)16-9-7-14(8-10-16)19(24)21-11-18(23)27-12-15-5-3-4-6-17(15)20/h3-10,13,22H,11-12H2,1-2H3,(H,21,24). The van der Waals surface area contributed by atoms with Crippen LogP contribution in [0.3, 0.4) is 0 Å². The van der Waals surface area contributed by atoms with E-state index in [0.29, 0.717) is 0 Å². The highest BCUT2D eigenvalue weighted by Crippen LogP contribution is 2.11. The highest BCUT2D eigenvalue weighted by molar-refractivity contribution is 7.89. The molecular formula is C19H21FN2O5S. The molecule has 150 valence electrons. The van der Waals surface area contributed by atoms with Gasteiger partial charge in [-0.2, -0.15) is 0 Å². The van der Waals surface area contributed by atoms with Crippen molar-refractivity contribution >= 4 is 21.9 Å². The molecule has 0 heterocycles. The van der Waals surface area contributed by atoms with Gasteiger partial charge in [-0.05, 0) is 44.2 Å². The van der Waals surface area contributed by atoms with Crippen molar-refractivity contribution in [2.45, 2.75) is 31.4 Å². The molecule has 2 N–H and O–H groups in total. The van der Waals surface area contributed by atoms with Crippen molar-refractivity contribution in [2.75, 3.05) is 6.54 Å². The number of carbonyl (C=O) groups is 2. The normalized spacial score (nSPS) is 11.3. The van der Waals surface area contributed by atoms with Crippen LogP contribution in [0.25, 0.3) is 0 Å². The summed E-state index contributed by atoms with van der Waals surface area (Å²) in [6, 6.07) is 10.9. The molecule has 9 heteroatoms. The van der Waals surface area contributed by atoms with Gasteiger partial charge in [0, 0.05) is 17.2 Å². The minimum absolute atomic E-state index is 0.0297. The van der Waals surface area contributed by atoms with Crippen molar-refractivity contribution in [3.63, 3.8) is 0 Å². The molecule has 0 aliphatic heterocycles. The van der Waals surface area contributed by atoms with Crippen LogP contribution in [0.2, 0.25) is 0 Å². The van der Waals surface area contributed by atoms with E-state index in [1.54, 1.807) is 19.9 Å². The predicted octanol–water partition coefficient (Wildman–Crippen LogP) is 1.99. The van der Waals surface area contributed by atoms with E-state index in [4.69, 9.17) is 4.74 Å². The summed E-state index contributed by atoms with van der Waals surface area (Å²) in [7, 11) is -3.65. The second-order valence-corrected chi connectivity index (χ2v) is 7.95. The first-order valence-corrected chi connectivity index (χ1v) is 9.97. The fourth-order valence-electron chi connectivity index (χ4n) is 2.24. The van der Waals surface area contributed by atoms with Crippen LogP contribution in [0.5, 0.6) is 0 Å². The van der Waals surface area contributed by atoms with Gasteiger partial charge in [-0.1, -0.05) is 18.2 Å². The zero-order valence-corrected chi connectivity index (χ0v) is 16.3. The van der Waals surface area contributed by atoms with E-state index >= 15 is 0 Å². The molecule has 0 spiro atoms. The van der Waals surface area contributed by atoms with Crippen molar-refractivity contribution in [1.82, 2.24) is 10.0 Å². The van der Waals surface area contributed by atoms with Crippen LogP contribution in [0, 0.1) is 5.82 Å². The van der Waals surface area contributed by atoms with E-state index in [1.165, 1.54) is 42.5 Å². The summed E-state index contributed by atoms with van der Waals surface area (Å²) in [6.07, 6.45) is 0. The van der Waals surface area contributed by atoms with Gasteiger partial charge in [0.1, 0.15) is 19.0 Å². The third-order valence-electron chi connectivity index (χ3n) is 3.56. The number of esters is 1. The van der Waals surface area contributed by atoms with Crippen molar-refractivity contribution < 1.29 is 27.1 Å². The smallest absolute Gasteiger partial charge is 0.325 e. The lowest BCUT2D eigenvalue weighted by atomic mass is 10.2. The van der Waals surface area contributed by atoms with Crippen LogP contribution < -0.4 is 10.0 Å². The van der Waals surface area contributed by atoms with E-state index in [9.17, 15) is 22.4 Å². The molecule has 0 aromatic heterocycles. The Labute approximate surface area is 163 Å². The lowest BCUT2D eigenvalue weighted by Crippen LogP contribution is -2.31. The van der Waals surface area contributed by atoms with Crippen LogP contribution in [-0.2, 0) is 26.2 Å². The molecule has 2 rings (SSSR count). The minimum Gasteiger partial charge on any atom is -0.459 e. The quantitative estimate of drug-likeness (QED) is 0.651. The second kappa shape index (κ2) is 9.43. The van der Waals surface area contributed by atoms with E-state index in [1.807, 2.05) is 0 Å². The number of benzene rings is 2. The Kier molecular flexibility index (Phi) is 7.24. The van der Waals surface area contributed by atoms with E-state index in [0.717, 1.165) is 0 Å². The zero-order chi connectivity index (χ0) is 20.7. The van der Waals surface area contributed by atoms with Crippen molar-refractivity contribution in [3.05, 3.63) is 65.5 Å². The summed E-state index contributed by atoms with van der Waals surface area (Å²) >= 11 is 0. The van der Waals surface area contributed by atoms with Gasteiger partial charge in [0.2, 0.25) is 10.0 Å². The van der Waals surface area contributed by atoms with Gasteiger partial charge in [-0.15, -0.1) is 0 Å². The minimum atomic E-state index is -3.65. The number of hydrogen-bond acceptors (Lipinski definition) is 5. The molecule has 0 bridgehead atoms. The Morgan fingerprint density at radius 1 is 1.07 bits per heavy atom. The first-order valence-electron chi connectivity index (χ1n) is 8.48. The fraction of sp³-hybridized carbons (Fsp3) is 0.263. The Balaban J connectivity index is 1.87. The number of nitrogens with one attached hydrogen (secondary N) is 2. The van der Waals surface area contributed by atoms with Crippen LogP contribution in [-0.4, -0.2) is 32.9 Å². The number of halogens is 1. The van der Waals surface area contributed by atoms with E-state index < -0.39 is 34.3 Å². The molecule has 2 aromatic carbocycles.